The first-order valence-electron chi connectivity index (χ1n) is 17.3. The van der Waals surface area contributed by atoms with Crippen LogP contribution in [0.2, 0.25) is 0 Å². The molecule has 1 saturated carbocycles. The van der Waals surface area contributed by atoms with Crippen LogP contribution in [0, 0.1) is 5.92 Å². The maximum Gasteiger partial charge on any atom is 0.490 e. The Hall–Kier alpha value is -4.61. The Bertz CT molecular complexity index is 1290. The van der Waals surface area contributed by atoms with Crippen LogP contribution in [0.1, 0.15) is 90.5 Å². The minimum absolute atomic E-state index is 0.0301. The minimum Gasteiger partial charge on any atom is -0.475 e. The van der Waals surface area contributed by atoms with Crippen molar-refractivity contribution >= 4 is 35.7 Å². The fourth-order valence-electron chi connectivity index (χ4n) is 5.22. The number of carbonyl (C=O) groups excluding carboxylic acids is 4. The summed E-state index contributed by atoms with van der Waals surface area (Å²) in [5, 5.41) is 29.1. The lowest BCUT2D eigenvalue weighted by Crippen LogP contribution is -2.55. The van der Waals surface area contributed by atoms with Crippen LogP contribution in [0.25, 0.3) is 0 Å². The molecule has 0 aliphatic heterocycles. The second kappa shape index (κ2) is 23.8. The number of amides is 4. The van der Waals surface area contributed by atoms with Gasteiger partial charge in [-0.15, -0.1) is 0 Å². The Morgan fingerprint density at radius 2 is 1.56 bits per heavy atom. The molecule has 1 aromatic rings. The first-order chi connectivity index (χ1) is 24.4. The maximum absolute atomic E-state index is 13.2. The Morgan fingerprint density at radius 3 is 2.12 bits per heavy atom. The Balaban J connectivity index is 0.00000174. The van der Waals surface area contributed by atoms with E-state index in [2.05, 4.69) is 26.3 Å². The molecule has 0 aromatic heterocycles. The predicted octanol–water partition coefficient (Wildman–Crippen LogP) is 2.59. The molecule has 294 valence electrons. The highest BCUT2D eigenvalue weighted by Gasteiger charge is 2.38. The highest BCUT2D eigenvalue weighted by Crippen LogP contribution is 2.18. The van der Waals surface area contributed by atoms with Crippen molar-refractivity contribution in [1.29, 1.82) is 0 Å². The highest BCUT2D eigenvalue weighted by molar-refractivity contribution is 5.91. The number of nitrogens with two attached hydrogens (primary N) is 2. The average molecular weight is 746 g/mol. The third kappa shape index (κ3) is 20.3. The molecule has 0 saturated heterocycles. The summed E-state index contributed by atoms with van der Waals surface area (Å²) < 4.78 is 37.0. The van der Waals surface area contributed by atoms with Gasteiger partial charge in [-0.1, -0.05) is 63.4 Å². The molecule has 1 fully saturated rings. The monoisotopic (exact) mass is 745 g/mol. The van der Waals surface area contributed by atoms with E-state index in [0.717, 1.165) is 31.2 Å². The van der Waals surface area contributed by atoms with Crippen LogP contribution in [0.5, 0.6) is 0 Å². The van der Waals surface area contributed by atoms with Crippen LogP contribution in [-0.2, 0) is 30.5 Å². The average Bonchev–Trinajstić information content (AvgIpc) is 3.06. The van der Waals surface area contributed by atoms with E-state index < -0.39 is 54.3 Å². The molecule has 1 aliphatic rings. The summed E-state index contributed by atoms with van der Waals surface area (Å²) in [5.74, 6) is -3.98. The van der Waals surface area contributed by atoms with E-state index in [9.17, 15) is 37.5 Å². The van der Waals surface area contributed by atoms with E-state index in [1.165, 1.54) is 13.3 Å². The zero-order valence-corrected chi connectivity index (χ0v) is 29.9. The summed E-state index contributed by atoms with van der Waals surface area (Å²) in [4.78, 5) is 64.4. The number of alkyl carbamates (subject to hydrolysis) is 1. The third-order valence-corrected chi connectivity index (χ3v) is 7.89. The standard InChI is InChI=1S/C32H53N7O6.C2HF3O2/c1-21(2)18-26(27(40)19-28(41)37-24-14-8-5-9-15-24)38-29(42)22(3)36-30(43)25(16-10-11-17-35-31(33)34)39-32(44)45-20-23-12-6-4-7-13-23;3-2(4,5)1(6)7/h4,6-7,12-13,21-22,24-27,40H,5,8-11,14-20H2,1-3H3,(H,36,43)(H,37,41)(H,38,42)(H,39,44)(H4,33,34,35);(H,6,7)/t22-,25-,26-,27-;/m0./s1. The van der Waals surface area contributed by atoms with Gasteiger partial charge in [0.25, 0.3) is 0 Å². The number of carboxylic acids is 1. The number of carbonyl (C=O) groups is 5. The molecule has 52 heavy (non-hydrogen) atoms. The number of rotatable bonds is 18. The molecule has 0 bridgehead atoms. The summed E-state index contributed by atoms with van der Waals surface area (Å²) in [5.41, 5.74) is 11.5. The van der Waals surface area contributed by atoms with Gasteiger partial charge in [-0.05, 0) is 56.9 Å². The van der Waals surface area contributed by atoms with E-state index in [-0.39, 0.29) is 43.3 Å². The van der Waals surface area contributed by atoms with E-state index >= 15 is 0 Å². The van der Waals surface area contributed by atoms with Crippen molar-refractivity contribution in [3.8, 4) is 0 Å². The number of aliphatic carboxylic acids is 1. The number of halogens is 3. The molecular formula is C34H54F3N7O8. The second-order valence-corrected chi connectivity index (χ2v) is 13.0. The number of unbranched alkanes of at least 4 members (excludes halogenated alkanes) is 1. The van der Waals surface area contributed by atoms with Gasteiger partial charge in [0.15, 0.2) is 5.96 Å². The fourth-order valence-corrected chi connectivity index (χ4v) is 5.22. The summed E-state index contributed by atoms with van der Waals surface area (Å²) in [6.45, 7) is 5.83. The molecule has 10 N–H and O–H groups in total. The number of carboxylic acid groups (broad SMARTS) is 1. The maximum atomic E-state index is 13.2. The van der Waals surface area contributed by atoms with Crippen LogP contribution < -0.4 is 32.7 Å². The number of aliphatic hydroxyl groups excluding tert-OH is 1. The van der Waals surface area contributed by atoms with Crippen molar-refractivity contribution in [2.45, 2.75) is 128 Å². The Kier molecular flexibility index (Phi) is 20.8. The topological polar surface area (TPSA) is 248 Å². The predicted molar refractivity (Wildman–Crippen MR) is 186 cm³/mol. The van der Waals surface area contributed by atoms with E-state index in [1.807, 2.05) is 44.2 Å². The van der Waals surface area contributed by atoms with Crippen LogP contribution >= 0.6 is 0 Å². The Labute approximate surface area is 301 Å². The SMILES string of the molecule is CC(C)C[C@H](NC(=O)[C@H](C)NC(=O)[C@H](CCCCN=C(N)N)NC(=O)OCc1ccccc1)[C@@H](O)CC(=O)NC1CCCCC1.O=C(O)C(F)(F)F. The number of aliphatic imine (C=N–C) groups is 1. The molecule has 0 heterocycles. The van der Waals surface area contributed by atoms with Gasteiger partial charge < -0.3 is 47.7 Å². The zero-order chi connectivity index (χ0) is 39.3. The van der Waals surface area contributed by atoms with Gasteiger partial charge in [-0.25, -0.2) is 9.59 Å². The van der Waals surface area contributed by atoms with Gasteiger partial charge in [-0.2, -0.15) is 13.2 Å². The largest absolute Gasteiger partial charge is 0.490 e. The molecule has 1 aliphatic carbocycles. The highest BCUT2D eigenvalue weighted by atomic mass is 19.4. The minimum atomic E-state index is -5.08. The molecule has 0 spiro atoms. The van der Waals surface area contributed by atoms with E-state index in [1.54, 1.807) is 0 Å². The van der Waals surface area contributed by atoms with Gasteiger partial charge in [0.05, 0.1) is 18.6 Å². The van der Waals surface area contributed by atoms with Crippen molar-refractivity contribution in [2.24, 2.45) is 22.4 Å². The van der Waals surface area contributed by atoms with Crippen LogP contribution in [0.15, 0.2) is 35.3 Å². The molecular weight excluding hydrogens is 691 g/mol. The van der Waals surface area contributed by atoms with Crippen LogP contribution in [0.4, 0.5) is 18.0 Å². The van der Waals surface area contributed by atoms with Crippen LogP contribution in [-0.4, -0.2) is 88.9 Å². The van der Waals surface area contributed by atoms with Crippen LogP contribution in [0.3, 0.4) is 0 Å². The molecule has 4 amide bonds. The molecule has 1 aromatic carbocycles. The summed E-state index contributed by atoms with van der Waals surface area (Å²) in [6.07, 6.45) is -0.117. The van der Waals surface area contributed by atoms with Gasteiger partial charge in [0.1, 0.15) is 18.7 Å². The number of nitrogens with one attached hydrogen (secondary N) is 4. The number of hydrogen-bond acceptors (Lipinski definition) is 8. The molecule has 18 heteroatoms. The lowest BCUT2D eigenvalue weighted by Gasteiger charge is -2.28. The molecule has 15 nitrogen and oxygen atoms in total. The summed E-state index contributed by atoms with van der Waals surface area (Å²) in [7, 11) is 0. The molecule has 2 rings (SSSR count). The van der Waals surface area contributed by atoms with Gasteiger partial charge >= 0.3 is 18.2 Å². The van der Waals surface area contributed by atoms with Gasteiger partial charge in [0, 0.05) is 12.6 Å². The van der Waals surface area contributed by atoms with Crippen molar-refractivity contribution in [3.63, 3.8) is 0 Å². The van der Waals surface area contributed by atoms with Crippen molar-refractivity contribution < 1.29 is 52.1 Å². The number of benzene rings is 1. The van der Waals surface area contributed by atoms with Gasteiger partial charge in [-0.3, -0.25) is 19.4 Å². The summed E-state index contributed by atoms with van der Waals surface area (Å²) >= 11 is 0. The first-order valence-corrected chi connectivity index (χ1v) is 17.3. The number of nitrogens with zero attached hydrogens (tertiary/aromatic N) is 1. The normalized spacial score (nSPS) is 15.4. The number of alkyl halides is 3. The van der Waals surface area contributed by atoms with E-state index in [0.29, 0.717) is 25.8 Å². The third-order valence-electron chi connectivity index (χ3n) is 7.89. The van der Waals surface area contributed by atoms with Gasteiger partial charge in [0.2, 0.25) is 17.7 Å². The quantitative estimate of drug-likeness (QED) is 0.0620. The lowest BCUT2D eigenvalue weighted by atomic mass is 9.94. The van der Waals surface area contributed by atoms with E-state index in [4.69, 9.17) is 26.1 Å². The van der Waals surface area contributed by atoms with Crippen molar-refractivity contribution in [1.82, 2.24) is 21.3 Å². The fraction of sp³-hybridized carbons (Fsp3) is 0.647. The molecule has 0 radical (unpaired) electrons. The second-order valence-electron chi connectivity index (χ2n) is 13.0. The Morgan fingerprint density at radius 1 is 0.942 bits per heavy atom. The number of hydrogen-bond donors (Lipinski definition) is 8. The zero-order valence-electron chi connectivity index (χ0n) is 29.9. The van der Waals surface area contributed by atoms with Crippen molar-refractivity contribution in [2.75, 3.05) is 6.54 Å². The summed E-state index contributed by atoms with van der Waals surface area (Å²) in [6, 6.07) is 6.60. The molecule has 4 atom stereocenters. The smallest absolute Gasteiger partial charge is 0.475 e. The number of ether oxygens (including phenoxy) is 1. The number of aliphatic hydroxyl groups is 1. The number of guanidine groups is 1. The van der Waals surface area contributed by atoms with Crippen molar-refractivity contribution in [3.05, 3.63) is 35.9 Å². The first kappa shape index (κ1) is 45.4. The lowest BCUT2D eigenvalue weighted by molar-refractivity contribution is -0.192. The molecule has 0 unspecified atom stereocenters.